The number of carbonyl (C=O) groups is 1. The fourth-order valence-electron chi connectivity index (χ4n) is 2.18. The van der Waals surface area contributed by atoms with Crippen molar-refractivity contribution in [2.75, 3.05) is 0 Å². The van der Waals surface area contributed by atoms with Gasteiger partial charge in [0.25, 0.3) is 0 Å². The molecule has 1 N–H and O–H groups in total. The first-order chi connectivity index (χ1) is 8.22. The van der Waals surface area contributed by atoms with Gasteiger partial charge in [-0.25, -0.2) is 4.79 Å². The Hall–Kier alpha value is -2.10. The van der Waals surface area contributed by atoms with Crippen LogP contribution in [0.4, 0.5) is 0 Å². The molecule has 0 amide bonds. The van der Waals surface area contributed by atoms with Gasteiger partial charge in [0, 0.05) is 11.5 Å². The molecule has 1 fully saturated rings. The molecule has 1 aliphatic rings. The minimum Gasteiger partial charge on any atom is -0.475 e. The summed E-state index contributed by atoms with van der Waals surface area (Å²) in [7, 11) is 0. The normalized spacial score (nSPS) is 16.7. The van der Waals surface area contributed by atoms with Crippen LogP contribution in [0.3, 0.4) is 0 Å². The summed E-state index contributed by atoms with van der Waals surface area (Å²) in [4.78, 5) is 10.8. The van der Waals surface area contributed by atoms with Crippen LogP contribution in [0, 0.1) is 0 Å². The van der Waals surface area contributed by atoms with Gasteiger partial charge in [-0.05, 0) is 18.4 Å². The van der Waals surface area contributed by atoms with Gasteiger partial charge in [-0.3, -0.25) is 0 Å². The van der Waals surface area contributed by atoms with Gasteiger partial charge < -0.3 is 9.63 Å². The summed E-state index contributed by atoms with van der Waals surface area (Å²) in [6.07, 6.45) is 1.98. The zero-order chi connectivity index (χ0) is 11.9. The fraction of sp³-hybridized carbons (Fsp3) is 0.231. The van der Waals surface area contributed by atoms with Crippen LogP contribution >= 0.6 is 0 Å². The molecule has 0 atom stereocenters. The van der Waals surface area contributed by atoms with Crippen molar-refractivity contribution in [2.45, 2.75) is 18.3 Å². The first kappa shape index (κ1) is 10.1. The Labute approximate surface area is 97.9 Å². The molecule has 1 saturated carbocycles. The number of benzene rings is 1. The van der Waals surface area contributed by atoms with Crippen molar-refractivity contribution in [1.29, 1.82) is 0 Å². The average Bonchev–Trinajstić information content (AvgIpc) is 3.00. The lowest BCUT2D eigenvalue weighted by atomic mass is 9.92. The van der Waals surface area contributed by atoms with E-state index in [9.17, 15) is 4.79 Å². The van der Waals surface area contributed by atoms with Gasteiger partial charge in [0.1, 0.15) is 0 Å². The molecule has 4 nitrogen and oxygen atoms in total. The summed E-state index contributed by atoms with van der Waals surface area (Å²) >= 11 is 0. The molecule has 0 aliphatic heterocycles. The Balaban J connectivity index is 2.01. The van der Waals surface area contributed by atoms with Crippen molar-refractivity contribution in [2.24, 2.45) is 0 Å². The van der Waals surface area contributed by atoms with Crippen molar-refractivity contribution < 1.29 is 14.4 Å². The Morgan fingerprint density at radius 2 is 2.00 bits per heavy atom. The second kappa shape index (κ2) is 3.45. The van der Waals surface area contributed by atoms with E-state index in [4.69, 9.17) is 9.63 Å². The Morgan fingerprint density at radius 3 is 2.53 bits per heavy atom. The van der Waals surface area contributed by atoms with Crippen LogP contribution in [0.1, 0.15) is 34.7 Å². The highest BCUT2D eigenvalue weighted by Gasteiger charge is 2.48. The number of rotatable bonds is 3. The van der Waals surface area contributed by atoms with E-state index in [-0.39, 0.29) is 11.2 Å². The number of nitrogens with zero attached hydrogens (tertiary/aromatic N) is 1. The van der Waals surface area contributed by atoms with E-state index in [1.807, 2.05) is 30.3 Å². The lowest BCUT2D eigenvalue weighted by Gasteiger charge is -2.11. The molecule has 1 aromatic carbocycles. The molecule has 0 spiro atoms. The standard InChI is InChI=1S/C13H11NO3/c15-12(16)10-8-11(14-17-10)13(6-7-13)9-4-2-1-3-5-9/h1-5,8H,6-7H2,(H,15,16). The highest BCUT2D eigenvalue weighted by Crippen LogP contribution is 2.52. The van der Waals surface area contributed by atoms with Crippen LogP contribution < -0.4 is 0 Å². The number of carboxylic acid groups (broad SMARTS) is 1. The number of carboxylic acids is 1. The summed E-state index contributed by atoms with van der Waals surface area (Å²) in [5.41, 5.74) is 1.77. The number of aromatic nitrogens is 1. The van der Waals surface area contributed by atoms with Gasteiger partial charge in [0.15, 0.2) is 0 Å². The van der Waals surface area contributed by atoms with E-state index >= 15 is 0 Å². The highest BCUT2D eigenvalue weighted by molar-refractivity contribution is 5.84. The quantitative estimate of drug-likeness (QED) is 0.878. The van der Waals surface area contributed by atoms with Crippen molar-refractivity contribution >= 4 is 5.97 Å². The average molecular weight is 229 g/mol. The third kappa shape index (κ3) is 1.53. The second-order valence-corrected chi connectivity index (χ2v) is 4.33. The lowest BCUT2D eigenvalue weighted by molar-refractivity contribution is 0.0652. The third-order valence-electron chi connectivity index (χ3n) is 3.29. The van der Waals surface area contributed by atoms with Crippen molar-refractivity contribution in [3.05, 3.63) is 53.4 Å². The van der Waals surface area contributed by atoms with Gasteiger partial charge in [0.05, 0.1) is 5.69 Å². The van der Waals surface area contributed by atoms with Crippen molar-refractivity contribution in [1.82, 2.24) is 5.16 Å². The molecule has 0 saturated heterocycles. The van der Waals surface area contributed by atoms with E-state index < -0.39 is 5.97 Å². The molecule has 4 heteroatoms. The van der Waals surface area contributed by atoms with E-state index in [1.165, 1.54) is 11.6 Å². The summed E-state index contributed by atoms with van der Waals surface area (Å²) in [5.74, 6) is -1.17. The Morgan fingerprint density at radius 1 is 1.29 bits per heavy atom. The summed E-state index contributed by atoms with van der Waals surface area (Å²) in [6.45, 7) is 0. The maximum absolute atomic E-state index is 10.8. The number of hydrogen-bond donors (Lipinski definition) is 1. The number of hydrogen-bond acceptors (Lipinski definition) is 3. The summed E-state index contributed by atoms with van der Waals surface area (Å²) in [6, 6.07) is 11.5. The van der Waals surface area contributed by atoms with Gasteiger partial charge in [-0.15, -0.1) is 0 Å². The highest BCUT2D eigenvalue weighted by atomic mass is 16.5. The topological polar surface area (TPSA) is 63.3 Å². The fourth-order valence-corrected chi connectivity index (χ4v) is 2.18. The predicted molar refractivity (Wildman–Crippen MR) is 59.9 cm³/mol. The molecule has 0 radical (unpaired) electrons. The van der Waals surface area contributed by atoms with Crippen molar-refractivity contribution in [3.8, 4) is 0 Å². The molecular weight excluding hydrogens is 218 g/mol. The molecule has 1 aromatic heterocycles. The first-order valence-corrected chi connectivity index (χ1v) is 5.48. The molecule has 86 valence electrons. The molecule has 1 heterocycles. The van der Waals surface area contributed by atoms with E-state index in [1.54, 1.807) is 0 Å². The zero-order valence-corrected chi connectivity index (χ0v) is 9.09. The van der Waals surface area contributed by atoms with Crippen LogP contribution in [0.5, 0.6) is 0 Å². The van der Waals surface area contributed by atoms with E-state index in [0.717, 1.165) is 18.5 Å². The minimum atomic E-state index is -1.08. The molecular formula is C13H11NO3. The SMILES string of the molecule is O=C(O)c1cc(C2(c3ccccc3)CC2)no1. The predicted octanol–water partition coefficient (Wildman–Crippen LogP) is 2.45. The van der Waals surface area contributed by atoms with Crippen LogP contribution in [0.15, 0.2) is 40.9 Å². The molecule has 1 aliphatic carbocycles. The molecule has 17 heavy (non-hydrogen) atoms. The third-order valence-corrected chi connectivity index (χ3v) is 3.29. The molecule has 3 rings (SSSR count). The molecule has 0 unspecified atom stereocenters. The summed E-state index contributed by atoms with van der Waals surface area (Å²) in [5, 5.41) is 12.7. The minimum absolute atomic E-state index is 0.0952. The summed E-state index contributed by atoms with van der Waals surface area (Å²) < 4.78 is 4.82. The molecule has 0 bridgehead atoms. The second-order valence-electron chi connectivity index (χ2n) is 4.33. The first-order valence-electron chi connectivity index (χ1n) is 5.48. The van der Waals surface area contributed by atoms with E-state index in [0.29, 0.717) is 0 Å². The largest absolute Gasteiger partial charge is 0.475 e. The van der Waals surface area contributed by atoms with Gasteiger partial charge in [-0.1, -0.05) is 35.5 Å². The van der Waals surface area contributed by atoms with E-state index in [2.05, 4.69) is 5.16 Å². The Bertz CT molecular complexity index is 555. The van der Waals surface area contributed by atoms with Crippen molar-refractivity contribution in [3.63, 3.8) is 0 Å². The lowest BCUT2D eigenvalue weighted by Crippen LogP contribution is -2.08. The maximum atomic E-state index is 10.8. The van der Waals surface area contributed by atoms with Gasteiger partial charge in [0.2, 0.25) is 5.76 Å². The van der Waals surface area contributed by atoms with Crippen LogP contribution in [0.25, 0.3) is 0 Å². The van der Waals surface area contributed by atoms with Gasteiger partial charge >= 0.3 is 5.97 Å². The van der Waals surface area contributed by atoms with Crippen LogP contribution in [-0.2, 0) is 5.41 Å². The van der Waals surface area contributed by atoms with Crippen LogP contribution in [0.2, 0.25) is 0 Å². The molecule has 2 aromatic rings. The Kier molecular flexibility index (Phi) is 2.04. The maximum Gasteiger partial charge on any atom is 0.374 e. The van der Waals surface area contributed by atoms with Crippen LogP contribution in [-0.4, -0.2) is 16.2 Å². The monoisotopic (exact) mass is 229 g/mol. The van der Waals surface area contributed by atoms with Gasteiger partial charge in [-0.2, -0.15) is 0 Å². The smallest absolute Gasteiger partial charge is 0.374 e. The zero-order valence-electron chi connectivity index (χ0n) is 9.09. The number of aromatic carboxylic acids is 1.